The van der Waals surface area contributed by atoms with Crippen molar-refractivity contribution in [3.8, 4) is 0 Å². The van der Waals surface area contributed by atoms with Gasteiger partial charge in [0, 0.05) is 27.2 Å². The lowest BCUT2D eigenvalue weighted by Gasteiger charge is -2.11. The topological polar surface area (TPSA) is 69.6 Å². The number of unbranched alkanes of at least 4 members (excludes halogenated alkanes) is 1. The highest BCUT2D eigenvalue weighted by molar-refractivity contribution is 7.87. The van der Waals surface area contributed by atoms with Gasteiger partial charge in [0.1, 0.15) is 0 Å². The molecule has 0 aromatic rings. The second-order valence-corrected chi connectivity index (χ2v) is 4.58. The van der Waals surface area contributed by atoms with Crippen molar-refractivity contribution < 1.29 is 13.5 Å². The van der Waals surface area contributed by atoms with Crippen molar-refractivity contribution >= 4 is 10.2 Å². The molecule has 0 spiro atoms. The quantitative estimate of drug-likeness (QED) is 0.544. The average molecular weight is 196 g/mol. The van der Waals surface area contributed by atoms with E-state index in [1.807, 2.05) is 0 Å². The van der Waals surface area contributed by atoms with Crippen LogP contribution in [0.1, 0.15) is 12.8 Å². The van der Waals surface area contributed by atoms with Gasteiger partial charge in [0.2, 0.25) is 0 Å². The Labute approximate surface area is 73.6 Å². The predicted octanol–water partition coefficient (Wildman–Crippen LogP) is -0.845. The molecular weight excluding hydrogens is 180 g/mol. The minimum Gasteiger partial charge on any atom is -0.396 e. The Morgan fingerprint density at radius 1 is 1.33 bits per heavy atom. The van der Waals surface area contributed by atoms with Crippen molar-refractivity contribution in [1.82, 2.24) is 9.03 Å². The Morgan fingerprint density at radius 2 is 1.92 bits per heavy atom. The van der Waals surface area contributed by atoms with E-state index in [1.54, 1.807) is 0 Å². The summed E-state index contributed by atoms with van der Waals surface area (Å²) in [6, 6.07) is 0. The second kappa shape index (κ2) is 5.47. The Balaban J connectivity index is 3.63. The molecule has 0 fully saturated rings. The maximum Gasteiger partial charge on any atom is 0.278 e. The molecule has 0 radical (unpaired) electrons. The van der Waals surface area contributed by atoms with Gasteiger partial charge >= 0.3 is 0 Å². The molecule has 0 heterocycles. The van der Waals surface area contributed by atoms with E-state index < -0.39 is 10.2 Å². The highest BCUT2D eigenvalue weighted by Crippen LogP contribution is 1.90. The molecule has 0 saturated heterocycles. The van der Waals surface area contributed by atoms with Gasteiger partial charge in [-0.3, -0.25) is 0 Å². The molecular formula is C6H16N2O3S. The fourth-order valence-electron chi connectivity index (χ4n) is 0.567. The molecule has 74 valence electrons. The molecule has 0 atom stereocenters. The van der Waals surface area contributed by atoms with Crippen LogP contribution in [-0.2, 0) is 10.2 Å². The molecule has 0 aromatic carbocycles. The summed E-state index contributed by atoms with van der Waals surface area (Å²) in [5, 5.41) is 8.42. The minimum atomic E-state index is -3.28. The first-order chi connectivity index (χ1) is 5.50. The molecule has 5 nitrogen and oxygen atoms in total. The zero-order valence-corrected chi connectivity index (χ0v) is 8.26. The third-order valence-corrected chi connectivity index (χ3v) is 2.88. The fourth-order valence-corrected chi connectivity index (χ4v) is 1.23. The Hall–Kier alpha value is -0.170. The van der Waals surface area contributed by atoms with Gasteiger partial charge in [-0.1, -0.05) is 0 Å². The standard InChI is InChI=1S/C6H16N2O3S/c1-8(2)12(10,11)7-5-3-4-6-9/h7,9H,3-6H2,1-2H3. The Kier molecular flexibility index (Phi) is 5.39. The molecule has 0 amide bonds. The van der Waals surface area contributed by atoms with Gasteiger partial charge in [0.25, 0.3) is 10.2 Å². The molecule has 2 N–H and O–H groups in total. The van der Waals surface area contributed by atoms with Crippen molar-refractivity contribution in [3.63, 3.8) is 0 Å². The maximum absolute atomic E-state index is 11.0. The smallest absolute Gasteiger partial charge is 0.278 e. The van der Waals surface area contributed by atoms with E-state index in [0.29, 0.717) is 19.4 Å². The predicted molar refractivity (Wildman–Crippen MR) is 46.9 cm³/mol. The number of nitrogens with zero attached hydrogens (tertiary/aromatic N) is 1. The summed E-state index contributed by atoms with van der Waals surface area (Å²) in [5.74, 6) is 0. The van der Waals surface area contributed by atoms with Crippen LogP contribution in [0.2, 0.25) is 0 Å². The summed E-state index contributed by atoms with van der Waals surface area (Å²) >= 11 is 0. The summed E-state index contributed by atoms with van der Waals surface area (Å²) in [4.78, 5) is 0. The van der Waals surface area contributed by atoms with E-state index in [1.165, 1.54) is 14.1 Å². The molecule has 0 aliphatic heterocycles. The van der Waals surface area contributed by atoms with Crippen LogP contribution in [0.3, 0.4) is 0 Å². The van der Waals surface area contributed by atoms with Crippen LogP contribution in [0.4, 0.5) is 0 Å². The van der Waals surface area contributed by atoms with E-state index in [4.69, 9.17) is 5.11 Å². The van der Waals surface area contributed by atoms with E-state index in [9.17, 15) is 8.42 Å². The SMILES string of the molecule is CN(C)S(=O)(=O)NCCCCO. The number of rotatable bonds is 6. The van der Waals surface area contributed by atoms with Gasteiger partial charge < -0.3 is 5.11 Å². The zero-order valence-electron chi connectivity index (χ0n) is 7.45. The molecule has 0 rings (SSSR count). The van der Waals surface area contributed by atoms with Crippen molar-refractivity contribution in [3.05, 3.63) is 0 Å². The Morgan fingerprint density at radius 3 is 2.33 bits per heavy atom. The summed E-state index contributed by atoms with van der Waals surface area (Å²) in [7, 11) is -0.344. The molecule has 0 aliphatic rings. The summed E-state index contributed by atoms with van der Waals surface area (Å²) < 4.78 is 25.6. The number of hydrogen-bond acceptors (Lipinski definition) is 3. The molecule has 0 aliphatic carbocycles. The van der Waals surface area contributed by atoms with Crippen molar-refractivity contribution in [1.29, 1.82) is 0 Å². The third kappa shape index (κ3) is 4.66. The van der Waals surface area contributed by atoms with Crippen LogP contribution in [0.25, 0.3) is 0 Å². The molecule has 0 bridgehead atoms. The zero-order chi connectivity index (χ0) is 9.61. The van der Waals surface area contributed by atoms with E-state index in [0.717, 1.165) is 4.31 Å². The van der Waals surface area contributed by atoms with Crippen molar-refractivity contribution in [2.24, 2.45) is 0 Å². The highest BCUT2D eigenvalue weighted by Gasteiger charge is 2.10. The summed E-state index contributed by atoms with van der Waals surface area (Å²) in [6.07, 6.45) is 1.28. The first-order valence-electron chi connectivity index (χ1n) is 3.78. The van der Waals surface area contributed by atoms with Gasteiger partial charge in [-0.25, -0.2) is 4.72 Å². The number of hydrogen-bond donors (Lipinski definition) is 2. The largest absolute Gasteiger partial charge is 0.396 e. The van der Waals surface area contributed by atoms with Gasteiger partial charge in [0.05, 0.1) is 0 Å². The molecule has 6 heteroatoms. The van der Waals surface area contributed by atoms with E-state index in [2.05, 4.69) is 4.72 Å². The van der Waals surface area contributed by atoms with Crippen LogP contribution in [-0.4, -0.2) is 45.1 Å². The second-order valence-electron chi connectivity index (χ2n) is 2.61. The first-order valence-corrected chi connectivity index (χ1v) is 5.22. The molecule has 0 saturated carbocycles. The first kappa shape index (κ1) is 11.8. The van der Waals surface area contributed by atoms with E-state index >= 15 is 0 Å². The summed E-state index contributed by atoms with van der Waals surface area (Å²) in [6.45, 7) is 0.477. The Bertz CT molecular complexity index is 201. The van der Waals surface area contributed by atoms with Crippen LogP contribution in [0, 0.1) is 0 Å². The van der Waals surface area contributed by atoms with Gasteiger partial charge in [-0.2, -0.15) is 12.7 Å². The number of nitrogens with one attached hydrogen (secondary N) is 1. The van der Waals surface area contributed by atoms with Gasteiger partial charge in [0.15, 0.2) is 0 Å². The average Bonchev–Trinajstić information content (AvgIpc) is 1.98. The lowest BCUT2D eigenvalue weighted by Crippen LogP contribution is -2.36. The third-order valence-electron chi connectivity index (χ3n) is 1.35. The van der Waals surface area contributed by atoms with Crippen LogP contribution >= 0.6 is 0 Å². The number of aliphatic hydroxyl groups is 1. The lowest BCUT2D eigenvalue weighted by molar-refractivity contribution is 0.284. The lowest BCUT2D eigenvalue weighted by atomic mass is 10.3. The van der Waals surface area contributed by atoms with Crippen LogP contribution in [0.15, 0.2) is 0 Å². The van der Waals surface area contributed by atoms with Crippen LogP contribution < -0.4 is 4.72 Å². The maximum atomic E-state index is 11.0. The minimum absolute atomic E-state index is 0.101. The van der Waals surface area contributed by atoms with Gasteiger partial charge in [-0.05, 0) is 12.8 Å². The summed E-state index contributed by atoms with van der Waals surface area (Å²) in [5.41, 5.74) is 0. The fraction of sp³-hybridized carbons (Fsp3) is 1.00. The number of aliphatic hydroxyl groups excluding tert-OH is 1. The van der Waals surface area contributed by atoms with Crippen molar-refractivity contribution in [2.75, 3.05) is 27.2 Å². The van der Waals surface area contributed by atoms with Gasteiger partial charge in [-0.15, -0.1) is 0 Å². The molecule has 0 aromatic heterocycles. The van der Waals surface area contributed by atoms with Crippen molar-refractivity contribution in [2.45, 2.75) is 12.8 Å². The normalized spacial score (nSPS) is 12.3. The molecule has 0 unspecified atom stereocenters. The van der Waals surface area contributed by atoms with Crippen LogP contribution in [0.5, 0.6) is 0 Å². The molecule has 12 heavy (non-hydrogen) atoms. The monoisotopic (exact) mass is 196 g/mol. The van der Waals surface area contributed by atoms with E-state index in [-0.39, 0.29) is 6.61 Å². The highest BCUT2D eigenvalue weighted by atomic mass is 32.2.